The number of aliphatic hydroxyl groups excluding tert-OH is 1. The van der Waals surface area contributed by atoms with Gasteiger partial charge in [0.15, 0.2) is 0 Å². The lowest BCUT2D eigenvalue weighted by molar-refractivity contribution is 0.0237. The summed E-state index contributed by atoms with van der Waals surface area (Å²) >= 11 is 0. The minimum atomic E-state index is -0.222. The van der Waals surface area contributed by atoms with Crippen molar-refractivity contribution >= 4 is 0 Å². The van der Waals surface area contributed by atoms with Gasteiger partial charge in [0, 0.05) is 18.5 Å². The first-order valence-corrected chi connectivity index (χ1v) is 5.82. The van der Waals surface area contributed by atoms with Crippen LogP contribution < -0.4 is 0 Å². The van der Waals surface area contributed by atoms with E-state index >= 15 is 0 Å². The molecule has 1 aliphatic heterocycles. The first-order valence-electron chi connectivity index (χ1n) is 5.82. The molecule has 0 spiro atoms. The molecule has 2 unspecified atom stereocenters. The Labute approximate surface area is 88.3 Å². The van der Waals surface area contributed by atoms with E-state index in [1.54, 1.807) is 0 Å². The monoisotopic (exact) mass is 199 g/mol. The lowest BCUT2D eigenvalue weighted by Crippen LogP contribution is -2.44. The Kier molecular flexibility index (Phi) is 3.96. The number of likely N-dealkylation sites (tertiary alicyclic amines) is 1. The molecule has 2 atom stereocenters. The van der Waals surface area contributed by atoms with Gasteiger partial charge in [-0.1, -0.05) is 20.8 Å². The quantitative estimate of drug-likeness (QED) is 0.752. The zero-order valence-corrected chi connectivity index (χ0v) is 10.1. The standard InChI is InChI=1S/C12H25NO/c1-10-6-5-7-13(8-10)9-12(3,4)11(2)14/h10-11,14H,5-9H2,1-4H3. The van der Waals surface area contributed by atoms with E-state index in [0.717, 1.165) is 12.5 Å². The molecule has 0 aromatic carbocycles. The Morgan fingerprint density at radius 3 is 2.64 bits per heavy atom. The lowest BCUT2D eigenvalue weighted by Gasteiger charge is -2.38. The van der Waals surface area contributed by atoms with Crippen LogP contribution in [0.25, 0.3) is 0 Å². The molecule has 0 amide bonds. The average molecular weight is 199 g/mol. The van der Waals surface area contributed by atoms with Crippen molar-refractivity contribution < 1.29 is 5.11 Å². The highest BCUT2D eigenvalue weighted by Crippen LogP contribution is 2.25. The molecule has 1 fully saturated rings. The van der Waals surface area contributed by atoms with Crippen LogP contribution in [-0.4, -0.2) is 35.7 Å². The van der Waals surface area contributed by atoms with Gasteiger partial charge in [0.2, 0.25) is 0 Å². The second kappa shape index (κ2) is 4.63. The third-order valence-electron chi connectivity index (χ3n) is 3.50. The molecule has 1 aliphatic rings. The van der Waals surface area contributed by atoms with Crippen LogP contribution in [0.5, 0.6) is 0 Å². The summed E-state index contributed by atoms with van der Waals surface area (Å²) in [5, 5.41) is 9.65. The van der Waals surface area contributed by atoms with Crippen molar-refractivity contribution in [3.05, 3.63) is 0 Å². The van der Waals surface area contributed by atoms with Crippen molar-refractivity contribution in [2.75, 3.05) is 19.6 Å². The van der Waals surface area contributed by atoms with Crippen LogP contribution in [0.4, 0.5) is 0 Å². The molecule has 0 radical (unpaired) electrons. The van der Waals surface area contributed by atoms with E-state index < -0.39 is 0 Å². The molecule has 2 heteroatoms. The van der Waals surface area contributed by atoms with Crippen LogP contribution >= 0.6 is 0 Å². The highest BCUT2D eigenvalue weighted by Gasteiger charge is 2.28. The van der Waals surface area contributed by atoms with Gasteiger partial charge in [-0.25, -0.2) is 0 Å². The highest BCUT2D eigenvalue weighted by atomic mass is 16.3. The zero-order chi connectivity index (χ0) is 10.8. The summed E-state index contributed by atoms with van der Waals surface area (Å²) in [6.07, 6.45) is 2.46. The van der Waals surface area contributed by atoms with Crippen molar-refractivity contribution in [1.29, 1.82) is 0 Å². The van der Waals surface area contributed by atoms with Crippen LogP contribution in [0.15, 0.2) is 0 Å². The molecular formula is C12H25NO. The number of rotatable bonds is 3. The molecule has 0 bridgehead atoms. The fourth-order valence-electron chi connectivity index (χ4n) is 2.14. The minimum Gasteiger partial charge on any atom is -0.393 e. The molecule has 1 rings (SSSR count). The van der Waals surface area contributed by atoms with Crippen LogP contribution in [0, 0.1) is 11.3 Å². The number of aliphatic hydroxyl groups is 1. The van der Waals surface area contributed by atoms with E-state index in [0.29, 0.717) is 0 Å². The normalized spacial score (nSPS) is 27.6. The first kappa shape index (κ1) is 12.0. The fourth-order valence-corrected chi connectivity index (χ4v) is 2.14. The summed E-state index contributed by atoms with van der Waals surface area (Å²) in [6.45, 7) is 12.0. The van der Waals surface area contributed by atoms with Crippen LogP contribution in [0.3, 0.4) is 0 Å². The largest absolute Gasteiger partial charge is 0.393 e. The number of hydrogen-bond donors (Lipinski definition) is 1. The van der Waals surface area contributed by atoms with Crippen molar-refractivity contribution in [3.63, 3.8) is 0 Å². The van der Waals surface area contributed by atoms with E-state index in [2.05, 4.69) is 25.7 Å². The van der Waals surface area contributed by atoms with Crippen molar-refractivity contribution in [2.45, 2.75) is 46.6 Å². The summed E-state index contributed by atoms with van der Waals surface area (Å²) < 4.78 is 0. The van der Waals surface area contributed by atoms with E-state index in [4.69, 9.17) is 0 Å². The zero-order valence-electron chi connectivity index (χ0n) is 10.1. The molecule has 0 aromatic rings. The molecule has 0 saturated carbocycles. The van der Waals surface area contributed by atoms with Crippen LogP contribution in [-0.2, 0) is 0 Å². The Morgan fingerprint density at radius 2 is 2.14 bits per heavy atom. The van der Waals surface area contributed by atoms with E-state index in [9.17, 15) is 5.11 Å². The summed E-state index contributed by atoms with van der Waals surface area (Å²) in [7, 11) is 0. The van der Waals surface area contributed by atoms with Gasteiger partial charge in [0.05, 0.1) is 6.10 Å². The van der Waals surface area contributed by atoms with Crippen molar-refractivity contribution in [2.24, 2.45) is 11.3 Å². The maximum Gasteiger partial charge on any atom is 0.0575 e. The van der Waals surface area contributed by atoms with E-state index in [1.807, 2.05) is 6.92 Å². The van der Waals surface area contributed by atoms with Gasteiger partial charge in [0.1, 0.15) is 0 Å². The first-order chi connectivity index (χ1) is 6.42. The molecule has 2 nitrogen and oxygen atoms in total. The molecular weight excluding hydrogens is 174 g/mol. The van der Waals surface area contributed by atoms with E-state index in [1.165, 1.54) is 25.9 Å². The van der Waals surface area contributed by atoms with Gasteiger partial charge < -0.3 is 10.0 Å². The number of piperidine rings is 1. The van der Waals surface area contributed by atoms with Crippen LogP contribution in [0.1, 0.15) is 40.5 Å². The van der Waals surface area contributed by atoms with Gasteiger partial charge in [-0.3, -0.25) is 0 Å². The molecule has 0 aliphatic carbocycles. The SMILES string of the molecule is CC1CCCN(CC(C)(C)C(C)O)C1. The summed E-state index contributed by atoms with van der Waals surface area (Å²) in [4.78, 5) is 2.50. The second-order valence-electron chi connectivity index (χ2n) is 5.65. The molecule has 14 heavy (non-hydrogen) atoms. The molecule has 0 aromatic heterocycles. The Balaban J connectivity index is 2.43. The molecule has 1 saturated heterocycles. The smallest absolute Gasteiger partial charge is 0.0575 e. The van der Waals surface area contributed by atoms with Gasteiger partial charge in [-0.2, -0.15) is 0 Å². The predicted octanol–water partition coefficient (Wildman–Crippen LogP) is 2.13. The predicted molar refractivity (Wildman–Crippen MR) is 60.3 cm³/mol. The van der Waals surface area contributed by atoms with Gasteiger partial charge in [0.25, 0.3) is 0 Å². The van der Waals surface area contributed by atoms with Gasteiger partial charge in [-0.15, -0.1) is 0 Å². The third-order valence-corrected chi connectivity index (χ3v) is 3.50. The fraction of sp³-hybridized carbons (Fsp3) is 1.00. The topological polar surface area (TPSA) is 23.5 Å². The molecule has 1 N–H and O–H groups in total. The van der Waals surface area contributed by atoms with Crippen molar-refractivity contribution in [3.8, 4) is 0 Å². The highest BCUT2D eigenvalue weighted by molar-refractivity contribution is 4.81. The number of nitrogens with zero attached hydrogens (tertiary/aromatic N) is 1. The van der Waals surface area contributed by atoms with Gasteiger partial charge >= 0.3 is 0 Å². The molecule has 1 heterocycles. The maximum atomic E-state index is 9.65. The maximum absolute atomic E-state index is 9.65. The summed E-state index contributed by atoms with van der Waals surface area (Å²) in [6, 6.07) is 0. The Hall–Kier alpha value is -0.0800. The lowest BCUT2D eigenvalue weighted by atomic mass is 9.86. The third kappa shape index (κ3) is 3.25. The summed E-state index contributed by atoms with van der Waals surface area (Å²) in [5.41, 5.74) is 0.0249. The second-order valence-corrected chi connectivity index (χ2v) is 5.65. The van der Waals surface area contributed by atoms with E-state index in [-0.39, 0.29) is 11.5 Å². The minimum absolute atomic E-state index is 0.0249. The molecule has 84 valence electrons. The van der Waals surface area contributed by atoms with Crippen LogP contribution in [0.2, 0.25) is 0 Å². The van der Waals surface area contributed by atoms with Crippen molar-refractivity contribution in [1.82, 2.24) is 4.90 Å². The Morgan fingerprint density at radius 1 is 1.50 bits per heavy atom. The average Bonchev–Trinajstić information content (AvgIpc) is 2.02. The Bertz CT molecular complexity index is 177. The van der Waals surface area contributed by atoms with Gasteiger partial charge in [-0.05, 0) is 32.2 Å². The summed E-state index contributed by atoms with van der Waals surface area (Å²) in [5.74, 6) is 0.827. The number of hydrogen-bond acceptors (Lipinski definition) is 2.